The van der Waals surface area contributed by atoms with Gasteiger partial charge in [0.15, 0.2) is 0 Å². The topological polar surface area (TPSA) is 50.7 Å². The van der Waals surface area contributed by atoms with Crippen molar-refractivity contribution < 1.29 is 14.6 Å². The molecule has 0 radical (unpaired) electrons. The molecule has 4 heteroatoms. The first-order valence-electron chi connectivity index (χ1n) is 5.91. The van der Waals surface area contributed by atoms with Gasteiger partial charge in [0.25, 0.3) is 0 Å². The average Bonchev–Trinajstić information content (AvgIpc) is 2.37. The number of rotatable bonds is 8. The van der Waals surface area contributed by atoms with Crippen molar-refractivity contribution >= 4 is 0 Å². The maximum atomic E-state index is 8.93. The Labute approximate surface area is 103 Å². The lowest BCUT2D eigenvalue weighted by atomic mass is 10.2. The molecule has 0 aliphatic rings. The molecule has 96 valence electrons. The fourth-order valence-electron chi connectivity index (χ4n) is 1.58. The molecule has 0 saturated heterocycles. The maximum absolute atomic E-state index is 8.93. The van der Waals surface area contributed by atoms with E-state index in [1.54, 1.807) is 7.11 Å². The number of hydrogen-bond donors (Lipinski definition) is 2. The van der Waals surface area contributed by atoms with Gasteiger partial charge in [0.1, 0.15) is 18.1 Å². The SMILES string of the molecule is CCNC(CCO)COc1cccc(OC)c1. The molecule has 0 heterocycles. The molecule has 4 nitrogen and oxygen atoms in total. The largest absolute Gasteiger partial charge is 0.497 e. The fraction of sp³-hybridized carbons (Fsp3) is 0.538. The molecule has 17 heavy (non-hydrogen) atoms. The highest BCUT2D eigenvalue weighted by Gasteiger charge is 2.07. The Bertz CT molecular complexity index is 311. The first kappa shape index (κ1) is 13.8. The van der Waals surface area contributed by atoms with Gasteiger partial charge in [-0.2, -0.15) is 0 Å². The monoisotopic (exact) mass is 239 g/mol. The Balaban J connectivity index is 2.46. The summed E-state index contributed by atoms with van der Waals surface area (Å²) >= 11 is 0. The van der Waals surface area contributed by atoms with Crippen LogP contribution in [0.3, 0.4) is 0 Å². The van der Waals surface area contributed by atoms with Crippen LogP contribution < -0.4 is 14.8 Å². The third-order valence-corrected chi connectivity index (χ3v) is 2.46. The predicted molar refractivity (Wildman–Crippen MR) is 67.7 cm³/mol. The highest BCUT2D eigenvalue weighted by molar-refractivity contribution is 5.32. The van der Waals surface area contributed by atoms with Gasteiger partial charge < -0.3 is 19.9 Å². The van der Waals surface area contributed by atoms with E-state index in [9.17, 15) is 0 Å². The molecule has 0 fully saturated rings. The maximum Gasteiger partial charge on any atom is 0.123 e. The van der Waals surface area contributed by atoms with Crippen molar-refractivity contribution in [3.05, 3.63) is 24.3 Å². The fourth-order valence-corrected chi connectivity index (χ4v) is 1.58. The summed E-state index contributed by atoms with van der Waals surface area (Å²) in [6.45, 7) is 3.61. The summed E-state index contributed by atoms with van der Waals surface area (Å²) in [5.41, 5.74) is 0. The molecule has 1 aromatic carbocycles. The van der Waals surface area contributed by atoms with Gasteiger partial charge in [-0.05, 0) is 25.1 Å². The van der Waals surface area contributed by atoms with E-state index in [0.29, 0.717) is 13.0 Å². The molecule has 1 unspecified atom stereocenters. The Morgan fingerprint density at radius 1 is 1.35 bits per heavy atom. The molecule has 0 spiro atoms. The second-order valence-corrected chi connectivity index (χ2v) is 3.76. The lowest BCUT2D eigenvalue weighted by Crippen LogP contribution is -2.35. The zero-order valence-corrected chi connectivity index (χ0v) is 10.5. The second kappa shape index (κ2) is 7.92. The van der Waals surface area contributed by atoms with Crippen molar-refractivity contribution in [1.29, 1.82) is 0 Å². The third-order valence-electron chi connectivity index (χ3n) is 2.46. The van der Waals surface area contributed by atoms with Crippen LogP contribution in [-0.2, 0) is 0 Å². The molecule has 2 N–H and O–H groups in total. The Hall–Kier alpha value is -1.26. The lowest BCUT2D eigenvalue weighted by molar-refractivity contribution is 0.214. The molecule has 1 rings (SSSR count). The summed E-state index contributed by atoms with van der Waals surface area (Å²) < 4.78 is 10.8. The quantitative estimate of drug-likeness (QED) is 0.720. The van der Waals surface area contributed by atoms with E-state index in [1.807, 2.05) is 31.2 Å². The molecular formula is C13H21NO3. The van der Waals surface area contributed by atoms with E-state index in [0.717, 1.165) is 18.0 Å². The van der Waals surface area contributed by atoms with Gasteiger partial charge in [0.05, 0.1) is 7.11 Å². The molecule has 0 aliphatic heterocycles. The van der Waals surface area contributed by atoms with Crippen LogP contribution in [0.25, 0.3) is 0 Å². The van der Waals surface area contributed by atoms with Gasteiger partial charge in [-0.1, -0.05) is 13.0 Å². The normalized spacial score (nSPS) is 12.2. The van der Waals surface area contributed by atoms with Crippen molar-refractivity contribution in [2.24, 2.45) is 0 Å². The van der Waals surface area contributed by atoms with Crippen LogP contribution in [0.4, 0.5) is 0 Å². The lowest BCUT2D eigenvalue weighted by Gasteiger charge is -2.17. The average molecular weight is 239 g/mol. The number of likely N-dealkylation sites (N-methyl/N-ethyl adjacent to an activating group) is 1. The summed E-state index contributed by atoms with van der Waals surface area (Å²) in [5, 5.41) is 12.2. The molecule has 0 bridgehead atoms. The van der Waals surface area contributed by atoms with Crippen molar-refractivity contribution in [3.8, 4) is 11.5 Å². The first-order valence-corrected chi connectivity index (χ1v) is 5.91. The zero-order valence-electron chi connectivity index (χ0n) is 10.5. The van der Waals surface area contributed by atoms with E-state index >= 15 is 0 Å². The number of ether oxygens (including phenoxy) is 2. The van der Waals surface area contributed by atoms with Gasteiger partial charge in [-0.15, -0.1) is 0 Å². The van der Waals surface area contributed by atoms with E-state index < -0.39 is 0 Å². The van der Waals surface area contributed by atoms with Crippen molar-refractivity contribution in [2.75, 3.05) is 26.9 Å². The minimum Gasteiger partial charge on any atom is -0.497 e. The van der Waals surface area contributed by atoms with Crippen molar-refractivity contribution in [1.82, 2.24) is 5.32 Å². The van der Waals surface area contributed by atoms with Crippen LogP contribution in [0, 0.1) is 0 Å². The minimum absolute atomic E-state index is 0.166. The van der Waals surface area contributed by atoms with E-state index in [-0.39, 0.29) is 12.6 Å². The highest BCUT2D eigenvalue weighted by atomic mass is 16.5. The molecule has 1 atom stereocenters. The van der Waals surface area contributed by atoms with Crippen LogP contribution in [0.1, 0.15) is 13.3 Å². The first-order chi connectivity index (χ1) is 8.30. The smallest absolute Gasteiger partial charge is 0.123 e. The Kier molecular flexibility index (Phi) is 6.43. The van der Waals surface area contributed by atoms with Gasteiger partial charge in [0, 0.05) is 18.7 Å². The number of methoxy groups -OCH3 is 1. The van der Waals surface area contributed by atoms with Crippen LogP contribution in [-0.4, -0.2) is 38.0 Å². The predicted octanol–water partition coefficient (Wildman–Crippen LogP) is 1.43. The third kappa shape index (κ3) is 5.06. The highest BCUT2D eigenvalue weighted by Crippen LogP contribution is 2.18. The van der Waals surface area contributed by atoms with E-state index in [4.69, 9.17) is 14.6 Å². The van der Waals surface area contributed by atoms with Crippen LogP contribution in [0.2, 0.25) is 0 Å². The van der Waals surface area contributed by atoms with Gasteiger partial charge in [0.2, 0.25) is 0 Å². The minimum atomic E-state index is 0.166. The van der Waals surface area contributed by atoms with Crippen molar-refractivity contribution in [3.63, 3.8) is 0 Å². The summed E-state index contributed by atoms with van der Waals surface area (Å²) in [7, 11) is 1.63. The molecule has 1 aromatic rings. The summed E-state index contributed by atoms with van der Waals surface area (Å²) in [5.74, 6) is 1.56. The zero-order chi connectivity index (χ0) is 12.5. The van der Waals surface area contributed by atoms with Crippen LogP contribution in [0.15, 0.2) is 24.3 Å². The number of hydrogen-bond acceptors (Lipinski definition) is 4. The van der Waals surface area contributed by atoms with Gasteiger partial charge >= 0.3 is 0 Å². The molecule has 0 amide bonds. The van der Waals surface area contributed by atoms with Crippen LogP contribution >= 0.6 is 0 Å². The molecule has 0 aromatic heterocycles. The summed E-state index contributed by atoms with van der Waals surface area (Å²) in [6.07, 6.45) is 0.692. The van der Waals surface area contributed by atoms with Crippen molar-refractivity contribution in [2.45, 2.75) is 19.4 Å². The number of nitrogens with one attached hydrogen (secondary N) is 1. The van der Waals surface area contributed by atoms with Crippen LogP contribution in [0.5, 0.6) is 11.5 Å². The number of aliphatic hydroxyl groups is 1. The summed E-state index contributed by atoms with van der Waals surface area (Å²) in [4.78, 5) is 0. The Morgan fingerprint density at radius 2 is 2.12 bits per heavy atom. The van der Waals surface area contributed by atoms with E-state index in [1.165, 1.54) is 0 Å². The molecule has 0 saturated carbocycles. The van der Waals surface area contributed by atoms with E-state index in [2.05, 4.69) is 5.32 Å². The standard InChI is InChI=1S/C13H21NO3/c1-3-14-11(7-8-15)10-17-13-6-4-5-12(9-13)16-2/h4-6,9,11,14-15H,3,7-8,10H2,1-2H3. The molecular weight excluding hydrogens is 218 g/mol. The van der Waals surface area contributed by atoms with Gasteiger partial charge in [-0.3, -0.25) is 0 Å². The number of aliphatic hydroxyl groups excluding tert-OH is 1. The Morgan fingerprint density at radius 3 is 2.76 bits per heavy atom. The number of benzene rings is 1. The second-order valence-electron chi connectivity index (χ2n) is 3.76. The summed E-state index contributed by atoms with van der Waals surface area (Å²) in [6, 6.07) is 7.69. The molecule has 0 aliphatic carbocycles. The van der Waals surface area contributed by atoms with Gasteiger partial charge in [-0.25, -0.2) is 0 Å².